The number of rotatable bonds is 4. The Morgan fingerprint density at radius 1 is 1.35 bits per heavy atom. The van der Waals surface area contributed by atoms with Gasteiger partial charge < -0.3 is 16.2 Å². The van der Waals surface area contributed by atoms with Crippen molar-refractivity contribution < 1.29 is 9.90 Å². The SMILES string of the molecule is Nc1cccc2c(NCCC(=O)O)nccc12. The number of carboxylic acids is 1. The zero-order chi connectivity index (χ0) is 12.3. The average Bonchev–Trinajstić information content (AvgIpc) is 2.30. The Morgan fingerprint density at radius 3 is 2.94 bits per heavy atom. The number of hydrogen-bond acceptors (Lipinski definition) is 4. The molecule has 0 aliphatic carbocycles. The molecule has 5 nitrogen and oxygen atoms in total. The van der Waals surface area contributed by atoms with Gasteiger partial charge in [0.05, 0.1) is 6.42 Å². The third-order valence-electron chi connectivity index (χ3n) is 2.47. The van der Waals surface area contributed by atoms with Crippen LogP contribution in [0.5, 0.6) is 0 Å². The maximum atomic E-state index is 10.4. The summed E-state index contributed by atoms with van der Waals surface area (Å²) < 4.78 is 0. The first-order valence-corrected chi connectivity index (χ1v) is 5.27. The van der Waals surface area contributed by atoms with Crippen molar-refractivity contribution in [2.24, 2.45) is 0 Å². The summed E-state index contributed by atoms with van der Waals surface area (Å²) >= 11 is 0. The van der Waals surface area contributed by atoms with Crippen molar-refractivity contribution in [2.75, 3.05) is 17.6 Å². The Bertz CT molecular complexity index is 554. The van der Waals surface area contributed by atoms with E-state index in [0.29, 0.717) is 18.1 Å². The number of anilines is 2. The fourth-order valence-corrected chi connectivity index (χ4v) is 1.66. The molecule has 0 radical (unpaired) electrons. The van der Waals surface area contributed by atoms with Crippen LogP contribution in [0, 0.1) is 0 Å². The molecule has 17 heavy (non-hydrogen) atoms. The van der Waals surface area contributed by atoms with Gasteiger partial charge in [-0.15, -0.1) is 0 Å². The Hall–Kier alpha value is -2.30. The van der Waals surface area contributed by atoms with Gasteiger partial charge in [0.25, 0.3) is 0 Å². The standard InChI is InChI=1S/C12H13N3O2/c13-10-3-1-2-9-8(10)4-6-14-12(9)15-7-5-11(16)17/h1-4,6H,5,7,13H2,(H,14,15)(H,16,17). The minimum Gasteiger partial charge on any atom is -0.481 e. The maximum Gasteiger partial charge on any atom is 0.305 e. The number of hydrogen-bond donors (Lipinski definition) is 3. The lowest BCUT2D eigenvalue weighted by Gasteiger charge is -2.08. The first-order chi connectivity index (χ1) is 8.18. The fourth-order valence-electron chi connectivity index (χ4n) is 1.66. The van der Waals surface area contributed by atoms with Crippen LogP contribution in [0.2, 0.25) is 0 Å². The highest BCUT2D eigenvalue weighted by atomic mass is 16.4. The monoisotopic (exact) mass is 231 g/mol. The molecule has 0 aliphatic rings. The van der Waals surface area contributed by atoms with Crippen LogP contribution in [0.15, 0.2) is 30.5 Å². The number of benzene rings is 1. The Labute approximate surface area is 98.3 Å². The molecule has 5 heteroatoms. The highest BCUT2D eigenvalue weighted by Crippen LogP contribution is 2.25. The first kappa shape index (κ1) is 11.2. The minimum atomic E-state index is -0.836. The third kappa shape index (κ3) is 2.44. The van der Waals surface area contributed by atoms with Crippen LogP contribution in [-0.4, -0.2) is 22.6 Å². The molecule has 4 N–H and O–H groups in total. The second-order valence-corrected chi connectivity index (χ2v) is 3.67. The third-order valence-corrected chi connectivity index (χ3v) is 2.47. The lowest BCUT2D eigenvalue weighted by Crippen LogP contribution is -2.08. The van der Waals surface area contributed by atoms with E-state index >= 15 is 0 Å². The van der Waals surface area contributed by atoms with Crippen molar-refractivity contribution >= 4 is 28.2 Å². The number of aliphatic carboxylic acids is 1. The summed E-state index contributed by atoms with van der Waals surface area (Å²) in [5.74, 6) is -0.173. The van der Waals surface area contributed by atoms with E-state index in [9.17, 15) is 4.79 Å². The summed E-state index contributed by atoms with van der Waals surface area (Å²) in [7, 11) is 0. The predicted molar refractivity (Wildman–Crippen MR) is 66.9 cm³/mol. The number of carbonyl (C=O) groups is 1. The summed E-state index contributed by atoms with van der Waals surface area (Å²) in [6.07, 6.45) is 1.71. The Kier molecular flexibility index (Phi) is 3.09. The summed E-state index contributed by atoms with van der Waals surface area (Å²) in [6.45, 7) is 0.343. The molecular weight excluding hydrogens is 218 g/mol. The van der Waals surface area contributed by atoms with Crippen molar-refractivity contribution in [2.45, 2.75) is 6.42 Å². The van der Waals surface area contributed by atoms with E-state index in [2.05, 4.69) is 10.3 Å². The van der Waals surface area contributed by atoms with Gasteiger partial charge in [-0.3, -0.25) is 4.79 Å². The van der Waals surface area contributed by atoms with Crippen LogP contribution in [-0.2, 0) is 4.79 Å². The van der Waals surface area contributed by atoms with Crippen molar-refractivity contribution in [3.63, 3.8) is 0 Å². The van der Waals surface area contributed by atoms with Gasteiger partial charge in [0.1, 0.15) is 5.82 Å². The molecule has 88 valence electrons. The number of nitrogens with one attached hydrogen (secondary N) is 1. The number of nitrogen functional groups attached to an aromatic ring is 1. The van der Waals surface area contributed by atoms with Crippen LogP contribution in [0.3, 0.4) is 0 Å². The van der Waals surface area contributed by atoms with Gasteiger partial charge in [-0.05, 0) is 12.1 Å². The smallest absolute Gasteiger partial charge is 0.305 e. The summed E-state index contributed by atoms with van der Waals surface area (Å²) in [4.78, 5) is 14.6. The number of nitrogens with two attached hydrogens (primary N) is 1. The van der Waals surface area contributed by atoms with Crippen molar-refractivity contribution in [1.29, 1.82) is 0 Å². The molecular formula is C12H13N3O2. The highest BCUT2D eigenvalue weighted by molar-refractivity contribution is 5.99. The van der Waals surface area contributed by atoms with Crippen molar-refractivity contribution in [1.82, 2.24) is 4.98 Å². The summed E-state index contributed by atoms with van der Waals surface area (Å²) in [5.41, 5.74) is 6.54. The van der Waals surface area contributed by atoms with Crippen LogP contribution >= 0.6 is 0 Å². The van der Waals surface area contributed by atoms with E-state index in [-0.39, 0.29) is 6.42 Å². The molecule has 1 aromatic heterocycles. The molecule has 2 aromatic rings. The maximum absolute atomic E-state index is 10.4. The molecule has 0 fully saturated rings. The largest absolute Gasteiger partial charge is 0.481 e. The quantitative estimate of drug-likeness (QED) is 0.697. The Morgan fingerprint density at radius 2 is 2.18 bits per heavy atom. The molecule has 1 heterocycles. The van der Waals surface area contributed by atoms with Gasteiger partial charge in [0, 0.05) is 29.2 Å². The summed E-state index contributed by atoms with van der Waals surface area (Å²) in [6, 6.07) is 7.42. The van der Waals surface area contributed by atoms with Gasteiger partial charge in [0.2, 0.25) is 0 Å². The van der Waals surface area contributed by atoms with Crippen molar-refractivity contribution in [3.8, 4) is 0 Å². The second-order valence-electron chi connectivity index (χ2n) is 3.67. The molecule has 0 atom stereocenters. The molecule has 1 aromatic carbocycles. The molecule has 0 amide bonds. The number of carboxylic acid groups (broad SMARTS) is 1. The molecule has 0 aliphatic heterocycles. The van der Waals surface area contributed by atoms with Crippen LogP contribution in [0.25, 0.3) is 10.8 Å². The van der Waals surface area contributed by atoms with E-state index in [1.165, 1.54) is 0 Å². The number of aromatic nitrogens is 1. The van der Waals surface area contributed by atoms with Gasteiger partial charge in [-0.1, -0.05) is 12.1 Å². The van der Waals surface area contributed by atoms with E-state index in [1.807, 2.05) is 24.3 Å². The van der Waals surface area contributed by atoms with Gasteiger partial charge in [-0.25, -0.2) is 4.98 Å². The molecule has 0 saturated heterocycles. The lowest BCUT2D eigenvalue weighted by molar-refractivity contribution is -0.136. The number of nitrogens with zero attached hydrogens (tertiary/aromatic N) is 1. The fraction of sp³-hybridized carbons (Fsp3) is 0.167. The van der Waals surface area contributed by atoms with Gasteiger partial charge in [0.15, 0.2) is 0 Å². The predicted octanol–water partition coefficient (Wildman–Crippen LogP) is 1.70. The number of fused-ring (bicyclic) bond motifs is 1. The highest BCUT2D eigenvalue weighted by Gasteiger charge is 2.04. The zero-order valence-electron chi connectivity index (χ0n) is 9.18. The topological polar surface area (TPSA) is 88.2 Å². The molecule has 0 saturated carbocycles. The van der Waals surface area contributed by atoms with E-state index in [1.54, 1.807) is 6.20 Å². The minimum absolute atomic E-state index is 0.0559. The zero-order valence-corrected chi connectivity index (χ0v) is 9.18. The van der Waals surface area contributed by atoms with Crippen molar-refractivity contribution in [3.05, 3.63) is 30.5 Å². The lowest BCUT2D eigenvalue weighted by atomic mass is 10.1. The average molecular weight is 231 g/mol. The molecule has 0 unspecified atom stereocenters. The second kappa shape index (κ2) is 4.69. The van der Waals surface area contributed by atoms with E-state index in [0.717, 1.165) is 10.8 Å². The number of pyridine rings is 1. The normalized spacial score (nSPS) is 10.4. The Balaban J connectivity index is 2.28. The van der Waals surface area contributed by atoms with E-state index < -0.39 is 5.97 Å². The van der Waals surface area contributed by atoms with Gasteiger partial charge in [-0.2, -0.15) is 0 Å². The van der Waals surface area contributed by atoms with E-state index in [4.69, 9.17) is 10.8 Å². The molecule has 0 bridgehead atoms. The molecule has 0 spiro atoms. The van der Waals surface area contributed by atoms with Gasteiger partial charge >= 0.3 is 5.97 Å². The first-order valence-electron chi connectivity index (χ1n) is 5.27. The van der Waals surface area contributed by atoms with Crippen LogP contribution < -0.4 is 11.1 Å². The molecule has 2 rings (SSSR count). The summed E-state index contributed by atoms with van der Waals surface area (Å²) in [5, 5.41) is 13.4. The van der Waals surface area contributed by atoms with Crippen LogP contribution in [0.1, 0.15) is 6.42 Å². The van der Waals surface area contributed by atoms with Crippen LogP contribution in [0.4, 0.5) is 11.5 Å².